The van der Waals surface area contributed by atoms with Crippen LogP contribution in [-0.2, 0) is 0 Å². The summed E-state index contributed by atoms with van der Waals surface area (Å²) < 4.78 is 23.8. The number of nitrogens with one attached hydrogen (secondary N) is 1. The van der Waals surface area contributed by atoms with Crippen LogP contribution in [0.15, 0.2) is 53.1 Å². The molecule has 0 radical (unpaired) electrons. The number of benzene rings is 2. The van der Waals surface area contributed by atoms with Gasteiger partial charge in [-0.2, -0.15) is 0 Å². The molecule has 4 rings (SSSR count). The predicted octanol–water partition coefficient (Wildman–Crippen LogP) is 5.25. The summed E-state index contributed by atoms with van der Waals surface area (Å²) in [4.78, 5) is 17.5. The molecular formula is C21H15ClFN3O3. The van der Waals surface area contributed by atoms with E-state index >= 15 is 0 Å². The van der Waals surface area contributed by atoms with Crippen molar-refractivity contribution in [3.05, 3.63) is 70.6 Å². The van der Waals surface area contributed by atoms with Gasteiger partial charge in [-0.15, -0.1) is 0 Å². The fraction of sp³-hybridized carbons (Fsp3) is 0.0952. The highest BCUT2D eigenvalue weighted by molar-refractivity contribution is 6.31. The van der Waals surface area contributed by atoms with Crippen LogP contribution in [0, 0.1) is 12.7 Å². The molecule has 0 saturated heterocycles. The second-order valence-electron chi connectivity index (χ2n) is 6.31. The quantitative estimate of drug-likeness (QED) is 0.496. The zero-order valence-electron chi connectivity index (χ0n) is 15.5. The second-order valence-corrected chi connectivity index (χ2v) is 6.75. The van der Waals surface area contributed by atoms with Crippen molar-refractivity contribution in [2.45, 2.75) is 6.92 Å². The lowest BCUT2D eigenvalue weighted by atomic mass is 10.0. The van der Waals surface area contributed by atoms with Crippen molar-refractivity contribution in [2.24, 2.45) is 0 Å². The average Bonchev–Trinajstić information content (AvgIpc) is 3.09. The van der Waals surface area contributed by atoms with Crippen molar-refractivity contribution in [1.82, 2.24) is 10.1 Å². The maximum atomic E-state index is 13.3. The molecule has 0 atom stereocenters. The van der Waals surface area contributed by atoms with Gasteiger partial charge in [-0.25, -0.2) is 9.37 Å². The molecule has 29 heavy (non-hydrogen) atoms. The van der Waals surface area contributed by atoms with Crippen LogP contribution in [-0.4, -0.2) is 23.2 Å². The van der Waals surface area contributed by atoms with Crippen molar-refractivity contribution in [3.8, 4) is 17.0 Å². The van der Waals surface area contributed by atoms with Crippen LogP contribution in [0.3, 0.4) is 0 Å². The molecule has 1 N–H and O–H groups in total. The van der Waals surface area contributed by atoms with E-state index in [-0.39, 0.29) is 11.5 Å². The Morgan fingerprint density at radius 1 is 1.17 bits per heavy atom. The number of hydrogen-bond donors (Lipinski definition) is 1. The van der Waals surface area contributed by atoms with Gasteiger partial charge >= 0.3 is 0 Å². The Morgan fingerprint density at radius 3 is 2.66 bits per heavy atom. The van der Waals surface area contributed by atoms with E-state index in [1.165, 1.54) is 19.2 Å². The first kappa shape index (κ1) is 18.9. The Balaban J connectivity index is 1.81. The molecule has 4 aromatic rings. The number of amides is 1. The zero-order chi connectivity index (χ0) is 20.5. The largest absolute Gasteiger partial charge is 0.495 e. The number of hydrogen-bond acceptors (Lipinski definition) is 5. The van der Waals surface area contributed by atoms with Crippen molar-refractivity contribution in [2.75, 3.05) is 12.4 Å². The molecule has 0 aliphatic carbocycles. The lowest BCUT2D eigenvalue weighted by Crippen LogP contribution is -2.14. The summed E-state index contributed by atoms with van der Waals surface area (Å²) >= 11 is 6.05. The Morgan fingerprint density at radius 2 is 1.93 bits per heavy atom. The van der Waals surface area contributed by atoms with Crippen molar-refractivity contribution in [3.63, 3.8) is 0 Å². The van der Waals surface area contributed by atoms with Gasteiger partial charge in [0.2, 0.25) is 0 Å². The molecule has 2 aromatic heterocycles. The highest BCUT2D eigenvalue weighted by Gasteiger charge is 2.20. The number of methoxy groups -OCH3 is 1. The normalized spacial score (nSPS) is 10.9. The van der Waals surface area contributed by atoms with Crippen LogP contribution in [0.25, 0.3) is 22.4 Å². The number of carbonyl (C=O) groups is 1. The molecule has 0 aliphatic rings. The van der Waals surface area contributed by atoms with Crippen LogP contribution < -0.4 is 10.1 Å². The van der Waals surface area contributed by atoms with Gasteiger partial charge in [0.05, 0.1) is 35.1 Å². The van der Waals surface area contributed by atoms with E-state index in [1.807, 2.05) is 0 Å². The number of ether oxygens (including phenoxy) is 1. The van der Waals surface area contributed by atoms with E-state index < -0.39 is 5.91 Å². The minimum Gasteiger partial charge on any atom is -0.495 e. The van der Waals surface area contributed by atoms with Gasteiger partial charge in [-0.3, -0.25) is 4.79 Å². The first-order valence-corrected chi connectivity index (χ1v) is 9.02. The molecule has 0 aliphatic heterocycles. The molecule has 8 heteroatoms. The van der Waals surface area contributed by atoms with Crippen LogP contribution in [0.2, 0.25) is 5.02 Å². The molecule has 6 nitrogen and oxygen atoms in total. The van der Waals surface area contributed by atoms with E-state index in [9.17, 15) is 9.18 Å². The number of aromatic nitrogens is 2. The number of pyridine rings is 1. The predicted molar refractivity (Wildman–Crippen MR) is 108 cm³/mol. The van der Waals surface area contributed by atoms with Gasteiger partial charge in [0.15, 0.2) is 0 Å². The monoisotopic (exact) mass is 411 g/mol. The molecule has 0 spiro atoms. The summed E-state index contributed by atoms with van der Waals surface area (Å²) in [6, 6.07) is 12.3. The van der Waals surface area contributed by atoms with Gasteiger partial charge in [-0.1, -0.05) is 16.8 Å². The molecule has 0 fully saturated rings. The van der Waals surface area contributed by atoms with E-state index in [0.29, 0.717) is 44.4 Å². The summed E-state index contributed by atoms with van der Waals surface area (Å²) in [6.07, 6.45) is 0. The van der Waals surface area contributed by atoms with Crippen LogP contribution in [0.4, 0.5) is 10.1 Å². The third-order valence-corrected chi connectivity index (χ3v) is 4.65. The van der Waals surface area contributed by atoms with E-state index in [2.05, 4.69) is 15.5 Å². The SMILES string of the molecule is COc1ccc(Cl)cc1NC(=O)c1cc(-c2ccc(F)cc2)nc2onc(C)c12. The molecule has 0 unspecified atom stereocenters. The van der Waals surface area contributed by atoms with Crippen LogP contribution in [0.1, 0.15) is 16.1 Å². The van der Waals surface area contributed by atoms with Crippen LogP contribution >= 0.6 is 11.6 Å². The van der Waals surface area contributed by atoms with Gasteiger partial charge in [-0.05, 0) is 55.5 Å². The third kappa shape index (κ3) is 3.64. The van der Waals surface area contributed by atoms with Crippen molar-refractivity contribution >= 4 is 34.3 Å². The maximum absolute atomic E-state index is 13.3. The minimum atomic E-state index is -0.410. The number of rotatable bonds is 4. The van der Waals surface area contributed by atoms with Gasteiger partial charge in [0.1, 0.15) is 11.6 Å². The molecule has 0 bridgehead atoms. The standard InChI is InChI=1S/C21H15ClFN3O3/c1-11-19-15(20(27)24-17-9-13(22)5-8-18(17)28-2)10-16(25-21(19)29-26-11)12-3-6-14(23)7-4-12/h3-10H,1-2H3,(H,24,27). The fourth-order valence-electron chi connectivity index (χ4n) is 3.01. The molecular weight excluding hydrogens is 397 g/mol. The Hall–Kier alpha value is -3.45. The number of fused-ring (bicyclic) bond motifs is 1. The maximum Gasteiger partial charge on any atom is 0.259 e. The fourth-order valence-corrected chi connectivity index (χ4v) is 3.18. The summed E-state index contributed by atoms with van der Waals surface area (Å²) in [7, 11) is 1.50. The summed E-state index contributed by atoms with van der Waals surface area (Å²) in [5, 5.41) is 7.68. The highest BCUT2D eigenvalue weighted by Crippen LogP contribution is 2.31. The third-order valence-electron chi connectivity index (χ3n) is 4.41. The molecule has 0 saturated carbocycles. The Labute approximate surface area is 170 Å². The Kier molecular flexibility index (Phi) is 4.90. The van der Waals surface area contributed by atoms with Gasteiger partial charge < -0.3 is 14.6 Å². The molecule has 146 valence electrons. The van der Waals surface area contributed by atoms with E-state index in [0.717, 1.165) is 0 Å². The van der Waals surface area contributed by atoms with Crippen molar-refractivity contribution in [1.29, 1.82) is 0 Å². The van der Waals surface area contributed by atoms with E-state index in [1.54, 1.807) is 43.3 Å². The average molecular weight is 412 g/mol. The minimum absolute atomic E-state index is 0.215. The Bertz CT molecular complexity index is 1220. The zero-order valence-corrected chi connectivity index (χ0v) is 16.2. The van der Waals surface area contributed by atoms with Gasteiger partial charge in [0, 0.05) is 10.6 Å². The number of carbonyl (C=O) groups excluding carboxylic acids is 1. The van der Waals surface area contributed by atoms with Gasteiger partial charge in [0.25, 0.3) is 11.6 Å². The number of nitrogens with zero attached hydrogens (tertiary/aromatic N) is 2. The first-order valence-electron chi connectivity index (χ1n) is 8.64. The summed E-state index contributed by atoms with van der Waals surface area (Å²) in [6.45, 7) is 1.72. The van der Waals surface area contributed by atoms with Crippen molar-refractivity contribution < 1.29 is 18.4 Å². The van der Waals surface area contributed by atoms with Crippen LogP contribution in [0.5, 0.6) is 5.75 Å². The summed E-state index contributed by atoms with van der Waals surface area (Å²) in [5.41, 5.74) is 2.57. The highest BCUT2D eigenvalue weighted by atomic mass is 35.5. The number of halogens is 2. The number of aryl methyl sites for hydroxylation is 1. The molecule has 1 amide bonds. The summed E-state index contributed by atoms with van der Waals surface area (Å²) in [5.74, 6) is -0.308. The lowest BCUT2D eigenvalue weighted by Gasteiger charge is -2.12. The second kappa shape index (κ2) is 7.52. The molecule has 2 aromatic carbocycles. The number of anilines is 1. The topological polar surface area (TPSA) is 77.2 Å². The first-order chi connectivity index (χ1) is 14.0. The molecule has 2 heterocycles. The lowest BCUT2D eigenvalue weighted by molar-refractivity contribution is 0.102. The smallest absolute Gasteiger partial charge is 0.259 e. The van der Waals surface area contributed by atoms with E-state index in [4.69, 9.17) is 20.9 Å².